The summed E-state index contributed by atoms with van der Waals surface area (Å²) < 4.78 is 15.0. The summed E-state index contributed by atoms with van der Waals surface area (Å²) in [5.41, 5.74) is 1.53. The fourth-order valence-corrected chi connectivity index (χ4v) is 3.34. The number of amides is 1. The topological polar surface area (TPSA) is 38.1 Å². The lowest BCUT2D eigenvalue weighted by molar-refractivity contribution is 0.0672. The summed E-state index contributed by atoms with van der Waals surface area (Å²) in [6.07, 6.45) is 6.74. The summed E-state index contributed by atoms with van der Waals surface area (Å²) in [4.78, 5) is 14.8. The van der Waals surface area contributed by atoms with Gasteiger partial charge in [-0.15, -0.1) is 0 Å². The number of hydrogen-bond acceptors (Lipinski definition) is 2. The zero-order chi connectivity index (χ0) is 16.2. The maximum atomic E-state index is 13.3. The third-order valence-corrected chi connectivity index (χ3v) is 4.60. The third-order valence-electron chi connectivity index (χ3n) is 4.60. The molecule has 0 saturated heterocycles. The highest BCUT2D eigenvalue weighted by atomic mass is 19.1. The number of aryl methyl sites for hydroxylation is 1. The maximum Gasteiger partial charge on any atom is 0.272 e. The molecular weight excluding hydrogens is 293 g/mol. The van der Waals surface area contributed by atoms with E-state index in [0.717, 1.165) is 18.4 Å². The van der Waals surface area contributed by atoms with Crippen LogP contribution in [0.2, 0.25) is 0 Å². The van der Waals surface area contributed by atoms with Crippen LogP contribution in [-0.2, 0) is 13.5 Å². The molecule has 0 spiro atoms. The second kappa shape index (κ2) is 6.94. The first-order valence-electron chi connectivity index (χ1n) is 8.18. The number of rotatable bonds is 5. The first-order valence-corrected chi connectivity index (χ1v) is 8.18. The van der Waals surface area contributed by atoms with Crippen LogP contribution in [0, 0.1) is 5.82 Å². The summed E-state index contributed by atoms with van der Waals surface area (Å²) in [5.74, 6) is -0.207. The molecule has 1 amide bonds. The van der Waals surface area contributed by atoms with Crippen LogP contribution in [0.5, 0.6) is 0 Å². The average Bonchev–Trinajstić information content (AvgIpc) is 3.19. The number of halogens is 1. The maximum absolute atomic E-state index is 13.3. The Morgan fingerprint density at radius 2 is 2.13 bits per heavy atom. The van der Waals surface area contributed by atoms with Crippen molar-refractivity contribution in [3.63, 3.8) is 0 Å². The first kappa shape index (κ1) is 15.7. The molecule has 2 aromatic rings. The lowest BCUT2D eigenvalue weighted by Gasteiger charge is -2.29. The number of carbonyl (C=O) groups is 1. The molecule has 4 nitrogen and oxygen atoms in total. The molecule has 1 saturated carbocycles. The van der Waals surface area contributed by atoms with E-state index in [1.165, 1.54) is 18.9 Å². The number of hydrogen-bond donors (Lipinski definition) is 0. The van der Waals surface area contributed by atoms with Gasteiger partial charge in [-0.05, 0) is 43.0 Å². The molecule has 0 N–H and O–H groups in total. The normalized spacial score (nSPS) is 15.0. The molecule has 23 heavy (non-hydrogen) atoms. The van der Waals surface area contributed by atoms with Crippen LogP contribution in [0.4, 0.5) is 4.39 Å². The zero-order valence-electron chi connectivity index (χ0n) is 13.4. The van der Waals surface area contributed by atoms with Gasteiger partial charge in [0.15, 0.2) is 0 Å². The average molecular weight is 315 g/mol. The summed E-state index contributed by atoms with van der Waals surface area (Å²) in [7, 11) is 1.78. The number of carbonyl (C=O) groups excluding carboxylic acids is 1. The van der Waals surface area contributed by atoms with Gasteiger partial charge in [0.2, 0.25) is 0 Å². The van der Waals surface area contributed by atoms with E-state index in [1.54, 1.807) is 36.1 Å². The smallest absolute Gasteiger partial charge is 0.272 e. The van der Waals surface area contributed by atoms with Gasteiger partial charge in [-0.25, -0.2) is 4.39 Å². The molecule has 5 heteroatoms. The Kier molecular flexibility index (Phi) is 4.74. The molecule has 3 rings (SSSR count). The van der Waals surface area contributed by atoms with Crippen LogP contribution >= 0.6 is 0 Å². The van der Waals surface area contributed by atoms with E-state index in [-0.39, 0.29) is 17.8 Å². The van der Waals surface area contributed by atoms with Gasteiger partial charge in [-0.1, -0.05) is 25.0 Å². The second-order valence-corrected chi connectivity index (χ2v) is 6.16. The standard InChI is InChI=1S/C18H22FN3O/c1-21-17(9-11-20-21)18(23)22(16-7-2-3-8-16)12-10-14-5-4-6-15(19)13-14/h4-6,9,11,13,16H,2-3,7-8,10,12H2,1H3. The Morgan fingerprint density at radius 3 is 2.78 bits per heavy atom. The van der Waals surface area contributed by atoms with Crippen LogP contribution in [0.25, 0.3) is 0 Å². The van der Waals surface area contributed by atoms with Crippen molar-refractivity contribution in [1.82, 2.24) is 14.7 Å². The highest BCUT2D eigenvalue weighted by molar-refractivity contribution is 5.92. The minimum Gasteiger partial charge on any atom is -0.334 e. The van der Waals surface area contributed by atoms with Gasteiger partial charge >= 0.3 is 0 Å². The summed E-state index contributed by atoms with van der Waals surface area (Å²) >= 11 is 0. The summed E-state index contributed by atoms with van der Waals surface area (Å²) in [6.45, 7) is 0.609. The van der Waals surface area contributed by atoms with Gasteiger partial charge in [0.25, 0.3) is 5.91 Å². The molecule has 1 heterocycles. The highest BCUT2D eigenvalue weighted by Crippen LogP contribution is 2.25. The largest absolute Gasteiger partial charge is 0.334 e. The van der Waals surface area contributed by atoms with Crippen LogP contribution < -0.4 is 0 Å². The van der Waals surface area contributed by atoms with Crippen LogP contribution in [0.1, 0.15) is 41.7 Å². The third kappa shape index (κ3) is 3.60. The quantitative estimate of drug-likeness (QED) is 0.850. The van der Waals surface area contributed by atoms with Crippen molar-refractivity contribution in [2.45, 2.75) is 38.1 Å². The Bertz CT molecular complexity index is 676. The number of aromatic nitrogens is 2. The van der Waals surface area contributed by atoms with Crippen molar-refractivity contribution in [2.75, 3.05) is 6.54 Å². The lowest BCUT2D eigenvalue weighted by Crippen LogP contribution is -2.41. The molecule has 0 aliphatic heterocycles. The molecular formula is C18H22FN3O. The predicted octanol–water partition coefficient (Wildman–Crippen LogP) is 3.19. The summed E-state index contributed by atoms with van der Waals surface area (Å²) in [6, 6.07) is 8.65. The van der Waals surface area contributed by atoms with Gasteiger partial charge in [0.1, 0.15) is 11.5 Å². The van der Waals surface area contributed by atoms with Crippen molar-refractivity contribution in [3.05, 3.63) is 53.6 Å². The summed E-state index contributed by atoms with van der Waals surface area (Å²) in [5, 5.41) is 4.10. The van der Waals surface area contributed by atoms with Gasteiger partial charge in [-0.3, -0.25) is 9.48 Å². The molecule has 1 fully saturated rings. The van der Waals surface area contributed by atoms with E-state index in [1.807, 2.05) is 11.0 Å². The van der Waals surface area contributed by atoms with Crippen LogP contribution in [-0.4, -0.2) is 33.2 Å². The number of nitrogens with zero attached hydrogens (tertiary/aromatic N) is 3. The molecule has 122 valence electrons. The van der Waals surface area contributed by atoms with E-state index >= 15 is 0 Å². The van der Waals surface area contributed by atoms with Gasteiger partial charge in [0.05, 0.1) is 0 Å². The molecule has 1 aromatic carbocycles. The molecule has 1 aliphatic carbocycles. The number of benzene rings is 1. The second-order valence-electron chi connectivity index (χ2n) is 6.16. The molecule has 1 aliphatic rings. The van der Waals surface area contributed by atoms with Crippen molar-refractivity contribution < 1.29 is 9.18 Å². The SMILES string of the molecule is Cn1nccc1C(=O)N(CCc1cccc(F)c1)C1CCCC1. The van der Waals surface area contributed by atoms with Gasteiger partial charge in [-0.2, -0.15) is 5.10 Å². The minimum atomic E-state index is -0.229. The molecule has 0 unspecified atom stereocenters. The van der Waals surface area contributed by atoms with Crippen molar-refractivity contribution in [3.8, 4) is 0 Å². The lowest BCUT2D eigenvalue weighted by atomic mass is 10.1. The van der Waals surface area contributed by atoms with Crippen LogP contribution in [0.3, 0.4) is 0 Å². The minimum absolute atomic E-state index is 0.0216. The Balaban J connectivity index is 1.76. The molecule has 0 radical (unpaired) electrons. The van der Waals surface area contributed by atoms with E-state index in [9.17, 15) is 9.18 Å². The van der Waals surface area contributed by atoms with Gasteiger partial charge < -0.3 is 4.90 Å². The highest BCUT2D eigenvalue weighted by Gasteiger charge is 2.28. The Morgan fingerprint density at radius 1 is 1.35 bits per heavy atom. The fraction of sp³-hybridized carbons (Fsp3) is 0.444. The van der Waals surface area contributed by atoms with E-state index in [4.69, 9.17) is 0 Å². The van der Waals surface area contributed by atoms with Crippen molar-refractivity contribution >= 4 is 5.91 Å². The van der Waals surface area contributed by atoms with Crippen molar-refractivity contribution in [2.24, 2.45) is 7.05 Å². The van der Waals surface area contributed by atoms with E-state index in [0.29, 0.717) is 18.7 Å². The molecule has 0 bridgehead atoms. The van der Waals surface area contributed by atoms with Gasteiger partial charge in [0, 0.05) is 25.8 Å². The molecule has 0 atom stereocenters. The van der Waals surface area contributed by atoms with Crippen LogP contribution in [0.15, 0.2) is 36.5 Å². The monoisotopic (exact) mass is 315 g/mol. The zero-order valence-corrected chi connectivity index (χ0v) is 13.4. The Labute approximate surface area is 135 Å². The Hall–Kier alpha value is -2.17. The first-order chi connectivity index (χ1) is 11.1. The van der Waals surface area contributed by atoms with E-state index < -0.39 is 0 Å². The molecule has 1 aromatic heterocycles. The predicted molar refractivity (Wildman–Crippen MR) is 86.6 cm³/mol. The van der Waals surface area contributed by atoms with E-state index in [2.05, 4.69) is 5.10 Å². The van der Waals surface area contributed by atoms with Crippen molar-refractivity contribution in [1.29, 1.82) is 0 Å². The fourth-order valence-electron chi connectivity index (χ4n) is 3.34.